The predicted molar refractivity (Wildman–Crippen MR) is 239 cm³/mol. The van der Waals surface area contributed by atoms with Crippen LogP contribution < -0.4 is 15.3 Å². The Kier molecular flexibility index (Phi) is 8.15. The van der Waals surface area contributed by atoms with Crippen LogP contribution in [0.3, 0.4) is 0 Å². The first-order chi connectivity index (χ1) is 27.3. The topological polar surface area (TPSA) is 3.24 Å². The van der Waals surface area contributed by atoms with Crippen molar-refractivity contribution in [1.82, 2.24) is 0 Å². The molecule has 0 saturated heterocycles. The SMILES string of the molecule is Cc1ccc(-c2ccc(N(C3=c4ccccc4=CCC3)c3ccc(-c4ccc5c(c4)C(C)(C)c4ccccc4-5)cc3)cc2)cc1-c1c(C)ccc2ccccc12. The minimum atomic E-state index is -0.0259. The van der Waals surface area contributed by atoms with Gasteiger partial charge in [-0.2, -0.15) is 0 Å². The van der Waals surface area contributed by atoms with Crippen molar-refractivity contribution < 1.29 is 0 Å². The van der Waals surface area contributed by atoms with Gasteiger partial charge in [-0.1, -0.05) is 153 Å². The minimum absolute atomic E-state index is 0.0259. The van der Waals surface area contributed by atoms with Crippen LogP contribution in [-0.2, 0) is 5.41 Å². The van der Waals surface area contributed by atoms with E-state index >= 15 is 0 Å². The maximum absolute atomic E-state index is 2.49. The maximum Gasteiger partial charge on any atom is 0.0459 e. The van der Waals surface area contributed by atoms with Gasteiger partial charge in [-0.25, -0.2) is 0 Å². The first-order valence-electron chi connectivity index (χ1n) is 20.0. The van der Waals surface area contributed by atoms with Crippen LogP contribution in [0, 0.1) is 13.8 Å². The zero-order valence-electron chi connectivity index (χ0n) is 32.6. The van der Waals surface area contributed by atoms with Crippen LogP contribution >= 0.6 is 0 Å². The summed E-state index contributed by atoms with van der Waals surface area (Å²) in [5, 5.41) is 5.19. The highest BCUT2D eigenvalue weighted by Gasteiger charge is 2.35. The van der Waals surface area contributed by atoms with Crippen LogP contribution in [0.2, 0.25) is 0 Å². The summed E-state index contributed by atoms with van der Waals surface area (Å²) in [6, 6.07) is 63.4. The van der Waals surface area contributed by atoms with Gasteiger partial charge in [-0.15, -0.1) is 0 Å². The largest absolute Gasteiger partial charge is 0.314 e. The van der Waals surface area contributed by atoms with Crippen LogP contribution in [0.1, 0.15) is 48.9 Å². The van der Waals surface area contributed by atoms with Crippen molar-refractivity contribution in [2.75, 3.05) is 4.90 Å². The second-order valence-corrected chi connectivity index (χ2v) is 16.1. The zero-order valence-corrected chi connectivity index (χ0v) is 32.6. The van der Waals surface area contributed by atoms with Crippen molar-refractivity contribution in [3.8, 4) is 44.5 Å². The first kappa shape index (κ1) is 34.1. The maximum atomic E-state index is 2.49. The van der Waals surface area contributed by atoms with Gasteiger partial charge in [-0.3, -0.25) is 0 Å². The van der Waals surface area contributed by atoms with E-state index in [1.807, 2.05) is 0 Å². The number of rotatable bonds is 6. The van der Waals surface area contributed by atoms with E-state index in [0.29, 0.717) is 0 Å². The second-order valence-electron chi connectivity index (χ2n) is 16.1. The number of hydrogen-bond donors (Lipinski definition) is 0. The number of anilines is 2. The lowest BCUT2D eigenvalue weighted by Gasteiger charge is -2.30. The van der Waals surface area contributed by atoms with Gasteiger partial charge in [0.25, 0.3) is 0 Å². The summed E-state index contributed by atoms with van der Waals surface area (Å²) >= 11 is 0. The predicted octanol–water partition coefficient (Wildman–Crippen LogP) is 13.3. The molecule has 10 rings (SSSR count). The highest BCUT2D eigenvalue weighted by Crippen LogP contribution is 2.49. The number of aryl methyl sites for hydroxylation is 2. The molecular weight excluding hydrogens is 675 g/mol. The third-order valence-electron chi connectivity index (χ3n) is 12.4. The lowest BCUT2D eigenvalue weighted by atomic mass is 9.81. The third kappa shape index (κ3) is 5.61. The Morgan fingerprint density at radius 2 is 1.09 bits per heavy atom. The van der Waals surface area contributed by atoms with Crippen molar-refractivity contribution in [3.05, 3.63) is 203 Å². The molecule has 0 N–H and O–H groups in total. The third-order valence-corrected chi connectivity index (χ3v) is 12.4. The molecule has 0 spiro atoms. The Bertz CT molecular complexity index is 2950. The van der Waals surface area contributed by atoms with E-state index in [4.69, 9.17) is 0 Å². The highest BCUT2D eigenvalue weighted by molar-refractivity contribution is 5.99. The highest BCUT2D eigenvalue weighted by atomic mass is 15.1. The van der Waals surface area contributed by atoms with Crippen LogP contribution in [0.25, 0.3) is 67.1 Å². The molecule has 8 aromatic carbocycles. The Labute approximate surface area is 330 Å². The summed E-state index contributed by atoms with van der Waals surface area (Å²) in [7, 11) is 0. The van der Waals surface area contributed by atoms with Gasteiger partial charge < -0.3 is 4.90 Å². The van der Waals surface area contributed by atoms with Crippen LogP contribution in [0.15, 0.2) is 170 Å². The average Bonchev–Trinajstić information content (AvgIpc) is 3.47. The van der Waals surface area contributed by atoms with Crippen molar-refractivity contribution >= 4 is 33.9 Å². The minimum Gasteiger partial charge on any atom is -0.314 e. The molecule has 0 bridgehead atoms. The van der Waals surface area contributed by atoms with Crippen molar-refractivity contribution in [2.45, 2.75) is 46.0 Å². The number of benzene rings is 8. The fourth-order valence-corrected chi connectivity index (χ4v) is 9.43. The molecular formula is C55H45N. The summed E-state index contributed by atoms with van der Waals surface area (Å²) in [5.41, 5.74) is 19.3. The van der Waals surface area contributed by atoms with Gasteiger partial charge in [-0.05, 0) is 146 Å². The summed E-state index contributed by atoms with van der Waals surface area (Å²) < 4.78 is 0. The molecule has 1 nitrogen and oxygen atoms in total. The molecule has 0 atom stereocenters. The van der Waals surface area contributed by atoms with E-state index in [0.717, 1.165) is 12.8 Å². The average molecular weight is 720 g/mol. The van der Waals surface area contributed by atoms with Crippen molar-refractivity contribution in [1.29, 1.82) is 0 Å². The van der Waals surface area contributed by atoms with E-state index in [9.17, 15) is 0 Å². The molecule has 56 heavy (non-hydrogen) atoms. The molecule has 8 aromatic rings. The summed E-state index contributed by atoms with van der Waals surface area (Å²) in [6.45, 7) is 9.17. The molecule has 0 unspecified atom stereocenters. The molecule has 2 aliphatic rings. The first-order valence-corrected chi connectivity index (χ1v) is 20.0. The summed E-state index contributed by atoms with van der Waals surface area (Å²) in [4.78, 5) is 2.49. The van der Waals surface area contributed by atoms with E-state index < -0.39 is 0 Å². The Balaban J connectivity index is 1.04. The van der Waals surface area contributed by atoms with E-state index in [1.165, 1.54) is 105 Å². The van der Waals surface area contributed by atoms with Gasteiger partial charge in [0.05, 0.1) is 0 Å². The number of fused-ring (bicyclic) bond motifs is 5. The Hall–Kier alpha value is -6.44. The number of hydrogen-bond acceptors (Lipinski definition) is 1. The molecule has 0 radical (unpaired) electrons. The van der Waals surface area contributed by atoms with Crippen molar-refractivity contribution in [2.24, 2.45) is 0 Å². The fourth-order valence-electron chi connectivity index (χ4n) is 9.43. The van der Waals surface area contributed by atoms with Crippen LogP contribution in [0.4, 0.5) is 11.4 Å². The summed E-state index contributed by atoms with van der Waals surface area (Å²) in [5.74, 6) is 0. The fraction of sp³-hybridized carbons (Fsp3) is 0.127. The molecule has 0 aromatic heterocycles. The quantitative estimate of drug-likeness (QED) is 0.165. The van der Waals surface area contributed by atoms with Gasteiger partial charge in [0, 0.05) is 27.7 Å². The molecule has 270 valence electrons. The normalized spacial score (nSPS) is 13.8. The standard InChI is InChI=1S/C55H45N/c1-36-20-23-42(34-50(36)54-37(2)21-22-41-13-6-8-16-47(41)54)38-24-29-44(30-25-38)56(53-19-11-14-40-12-5-7-15-46(40)53)45-31-26-39(27-32-45)43-28-33-49-48-17-9-10-18-51(48)55(3,4)52(49)35-43/h5-10,12-18,20-35H,11,19H2,1-4H3. The summed E-state index contributed by atoms with van der Waals surface area (Å²) in [6.07, 6.45) is 4.38. The molecule has 1 heteroatoms. The monoisotopic (exact) mass is 719 g/mol. The van der Waals surface area contributed by atoms with Crippen molar-refractivity contribution in [3.63, 3.8) is 0 Å². The number of nitrogens with zero attached hydrogens (tertiary/aromatic N) is 1. The van der Waals surface area contributed by atoms with Crippen LogP contribution in [-0.4, -0.2) is 0 Å². The molecule has 0 aliphatic heterocycles. The smallest absolute Gasteiger partial charge is 0.0459 e. The van der Waals surface area contributed by atoms with E-state index in [1.54, 1.807) is 0 Å². The van der Waals surface area contributed by atoms with E-state index in [-0.39, 0.29) is 5.41 Å². The van der Waals surface area contributed by atoms with E-state index in [2.05, 4.69) is 209 Å². The molecule has 0 heterocycles. The zero-order chi connectivity index (χ0) is 38.0. The lowest BCUT2D eigenvalue weighted by molar-refractivity contribution is 0.660. The molecule has 0 amide bonds. The lowest BCUT2D eigenvalue weighted by Crippen LogP contribution is -2.34. The van der Waals surface area contributed by atoms with Gasteiger partial charge in [0.1, 0.15) is 0 Å². The Morgan fingerprint density at radius 1 is 0.482 bits per heavy atom. The molecule has 2 aliphatic carbocycles. The van der Waals surface area contributed by atoms with Gasteiger partial charge in [0.15, 0.2) is 0 Å². The second kappa shape index (κ2) is 13.4. The Morgan fingerprint density at radius 3 is 1.88 bits per heavy atom. The molecule has 0 saturated carbocycles. The van der Waals surface area contributed by atoms with Crippen LogP contribution in [0.5, 0.6) is 0 Å². The van der Waals surface area contributed by atoms with Gasteiger partial charge in [0.2, 0.25) is 0 Å². The van der Waals surface area contributed by atoms with Gasteiger partial charge >= 0.3 is 0 Å². The molecule has 0 fully saturated rings.